The number of nitrogens with zero attached hydrogens (tertiary/aromatic N) is 3. The summed E-state index contributed by atoms with van der Waals surface area (Å²) in [6.07, 6.45) is 6.00. The van der Waals surface area contributed by atoms with Crippen LogP contribution in [-0.4, -0.2) is 39.7 Å². The Labute approximate surface area is 155 Å². The normalized spacial score (nSPS) is 20.9. The maximum absolute atomic E-state index is 12.8. The van der Waals surface area contributed by atoms with E-state index in [1.807, 2.05) is 42.8 Å². The second kappa shape index (κ2) is 7.23. The summed E-state index contributed by atoms with van der Waals surface area (Å²) in [5.74, 6) is 0.965. The third-order valence-electron chi connectivity index (χ3n) is 5.49. The summed E-state index contributed by atoms with van der Waals surface area (Å²) < 4.78 is 1.93. The lowest BCUT2D eigenvalue weighted by atomic mass is 10.0. The van der Waals surface area contributed by atoms with Crippen molar-refractivity contribution in [2.75, 3.05) is 18.4 Å². The molecule has 0 spiro atoms. The van der Waals surface area contributed by atoms with Gasteiger partial charge >= 0.3 is 0 Å². The van der Waals surface area contributed by atoms with Crippen molar-refractivity contribution in [3.05, 3.63) is 41.7 Å². The molecule has 1 saturated heterocycles. The van der Waals surface area contributed by atoms with E-state index in [0.717, 1.165) is 54.6 Å². The van der Waals surface area contributed by atoms with E-state index >= 15 is 0 Å². The number of anilines is 1. The van der Waals surface area contributed by atoms with Gasteiger partial charge in [-0.3, -0.25) is 9.69 Å². The van der Waals surface area contributed by atoms with Gasteiger partial charge < -0.3 is 5.32 Å². The van der Waals surface area contributed by atoms with Crippen LogP contribution >= 0.6 is 0 Å². The molecule has 1 aromatic carbocycles. The number of piperidine rings is 1. The number of carbonyl (C=O) groups excluding carboxylic acids is 1. The molecule has 1 atom stereocenters. The molecule has 2 heterocycles. The van der Waals surface area contributed by atoms with Crippen LogP contribution in [0.25, 0.3) is 5.69 Å². The van der Waals surface area contributed by atoms with Gasteiger partial charge in [0.15, 0.2) is 0 Å². The molecule has 2 aromatic rings. The van der Waals surface area contributed by atoms with E-state index in [0.29, 0.717) is 0 Å². The van der Waals surface area contributed by atoms with E-state index in [9.17, 15) is 4.79 Å². The molecule has 26 heavy (non-hydrogen) atoms. The van der Waals surface area contributed by atoms with Crippen molar-refractivity contribution in [3.8, 4) is 5.69 Å². The van der Waals surface area contributed by atoms with Crippen molar-refractivity contribution in [2.45, 2.75) is 52.0 Å². The van der Waals surface area contributed by atoms with Crippen LogP contribution in [0.4, 0.5) is 5.69 Å². The second-order valence-electron chi connectivity index (χ2n) is 7.82. The fourth-order valence-corrected chi connectivity index (χ4v) is 3.94. The van der Waals surface area contributed by atoms with Crippen LogP contribution in [0.2, 0.25) is 0 Å². The van der Waals surface area contributed by atoms with Crippen molar-refractivity contribution in [3.63, 3.8) is 0 Å². The Morgan fingerprint density at radius 2 is 1.92 bits per heavy atom. The van der Waals surface area contributed by atoms with Crippen LogP contribution in [0.1, 0.15) is 43.5 Å². The number of likely N-dealkylation sites (tertiary alicyclic amines) is 1. The molecule has 1 unspecified atom stereocenters. The summed E-state index contributed by atoms with van der Waals surface area (Å²) in [5, 5.41) is 7.63. The maximum Gasteiger partial charge on any atom is 0.241 e. The molecule has 2 aliphatic rings. The lowest BCUT2D eigenvalue weighted by molar-refractivity contribution is -0.122. The van der Waals surface area contributed by atoms with Gasteiger partial charge in [-0.2, -0.15) is 5.10 Å². The van der Waals surface area contributed by atoms with Gasteiger partial charge in [0.25, 0.3) is 0 Å². The summed E-state index contributed by atoms with van der Waals surface area (Å²) in [4.78, 5) is 15.2. The molecule has 1 aliphatic carbocycles. The first kappa shape index (κ1) is 17.3. The van der Waals surface area contributed by atoms with Crippen molar-refractivity contribution in [1.82, 2.24) is 14.7 Å². The Morgan fingerprint density at radius 3 is 2.58 bits per heavy atom. The van der Waals surface area contributed by atoms with E-state index in [1.54, 1.807) is 0 Å². The van der Waals surface area contributed by atoms with Crippen molar-refractivity contribution < 1.29 is 4.79 Å². The topological polar surface area (TPSA) is 50.2 Å². The molecule has 1 amide bonds. The van der Waals surface area contributed by atoms with Gasteiger partial charge in [0.1, 0.15) is 0 Å². The number of rotatable bonds is 5. The summed E-state index contributed by atoms with van der Waals surface area (Å²) >= 11 is 0. The maximum atomic E-state index is 12.8. The van der Waals surface area contributed by atoms with Gasteiger partial charge in [0.05, 0.1) is 17.4 Å². The quantitative estimate of drug-likeness (QED) is 0.893. The van der Waals surface area contributed by atoms with Crippen LogP contribution in [0.15, 0.2) is 30.3 Å². The molecule has 1 aromatic heterocycles. The number of aryl methyl sites for hydroxylation is 2. The van der Waals surface area contributed by atoms with Gasteiger partial charge in [0.2, 0.25) is 5.91 Å². The summed E-state index contributed by atoms with van der Waals surface area (Å²) in [6.45, 7) is 6.20. The first-order chi connectivity index (χ1) is 12.6. The van der Waals surface area contributed by atoms with Crippen LogP contribution in [0.3, 0.4) is 0 Å². The smallest absolute Gasteiger partial charge is 0.241 e. The first-order valence-corrected chi connectivity index (χ1v) is 9.79. The molecule has 5 nitrogen and oxygen atoms in total. The minimum atomic E-state index is 0.0278. The minimum absolute atomic E-state index is 0.0278. The van der Waals surface area contributed by atoms with E-state index in [4.69, 9.17) is 0 Å². The van der Waals surface area contributed by atoms with E-state index < -0.39 is 0 Å². The number of hydrogen-bond donors (Lipinski definition) is 1. The SMILES string of the molecule is Cc1cc(C)n(-c2ccc(NC(=O)C3CCCCN3CC3CC3)cc2)n1. The van der Waals surface area contributed by atoms with E-state index in [-0.39, 0.29) is 11.9 Å². The third kappa shape index (κ3) is 3.83. The molecular weight excluding hydrogens is 324 g/mol. The zero-order chi connectivity index (χ0) is 18.1. The molecule has 1 aliphatic heterocycles. The Hall–Kier alpha value is -2.14. The van der Waals surface area contributed by atoms with Gasteiger partial charge in [-0.05, 0) is 82.3 Å². The number of amides is 1. The lowest BCUT2D eigenvalue weighted by Crippen LogP contribution is -2.47. The highest BCUT2D eigenvalue weighted by Crippen LogP contribution is 2.32. The average Bonchev–Trinajstić information content (AvgIpc) is 3.38. The zero-order valence-electron chi connectivity index (χ0n) is 15.7. The van der Waals surface area contributed by atoms with Gasteiger partial charge in [-0.25, -0.2) is 4.68 Å². The van der Waals surface area contributed by atoms with Crippen LogP contribution < -0.4 is 5.32 Å². The van der Waals surface area contributed by atoms with Gasteiger partial charge in [-0.1, -0.05) is 6.42 Å². The Bertz CT molecular complexity index is 776. The Balaban J connectivity index is 1.42. The Kier molecular flexibility index (Phi) is 4.81. The van der Waals surface area contributed by atoms with Crippen LogP contribution in [0.5, 0.6) is 0 Å². The Morgan fingerprint density at radius 1 is 1.15 bits per heavy atom. The highest BCUT2D eigenvalue weighted by atomic mass is 16.2. The monoisotopic (exact) mass is 352 g/mol. The van der Waals surface area contributed by atoms with Crippen molar-refractivity contribution in [1.29, 1.82) is 0 Å². The summed E-state index contributed by atoms with van der Waals surface area (Å²) in [7, 11) is 0. The number of hydrogen-bond acceptors (Lipinski definition) is 3. The van der Waals surface area contributed by atoms with Gasteiger partial charge in [-0.15, -0.1) is 0 Å². The molecule has 138 valence electrons. The molecule has 1 saturated carbocycles. The van der Waals surface area contributed by atoms with Crippen molar-refractivity contribution in [2.24, 2.45) is 5.92 Å². The highest BCUT2D eigenvalue weighted by molar-refractivity contribution is 5.95. The summed E-state index contributed by atoms with van der Waals surface area (Å²) in [6, 6.07) is 10.1. The fourth-order valence-electron chi connectivity index (χ4n) is 3.94. The van der Waals surface area contributed by atoms with Crippen LogP contribution in [0, 0.1) is 19.8 Å². The second-order valence-corrected chi connectivity index (χ2v) is 7.82. The number of carbonyl (C=O) groups is 1. The van der Waals surface area contributed by atoms with Crippen molar-refractivity contribution >= 4 is 11.6 Å². The average molecular weight is 352 g/mol. The molecule has 4 rings (SSSR count). The zero-order valence-corrected chi connectivity index (χ0v) is 15.7. The standard InChI is InChI=1S/C21H28N4O/c1-15-13-16(2)25(23-15)19-10-8-18(9-11-19)22-21(26)20-5-3-4-12-24(20)14-17-6-7-17/h8-11,13,17,20H,3-7,12,14H2,1-2H3,(H,22,26). The van der Waals surface area contributed by atoms with Gasteiger partial charge in [0, 0.05) is 17.9 Å². The fraction of sp³-hybridized carbons (Fsp3) is 0.524. The number of benzene rings is 1. The predicted molar refractivity (Wildman–Crippen MR) is 104 cm³/mol. The molecular formula is C21H28N4O. The molecule has 2 fully saturated rings. The van der Waals surface area contributed by atoms with Crippen LogP contribution in [-0.2, 0) is 4.79 Å². The lowest BCUT2D eigenvalue weighted by Gasteiger charge is -2.34. The number of aromatic nitrogens is 2. The largest absolute Gasteiger partial charge is 0.325 e. The summed E-state index contributed by atoms with van der Waals surface area (Å²) in [5.41, 5.74) is 3.99. The van der Waals surface area contributed by atoms with E-state index in [1.165, 1.54) is 19.3 Å². The van der Waals surface area contributed by atoms with E-state index in [2.05, 4.69) is 21.4 Å². The first-order valence-electron chi connectivity index (χ1n) is 9.79. The molecule has 1 N–H and O–H groups in total. The minimum Gasteiger partial charge on any atom is -0.325 e. The molecule has 0 bridgehead atoms. The molecule has 5 heteroatoms. The highest BCUT2D eigenvalue weighted by Gasteiger charge is 2.33. The molecule has 0 radical (unpaired) electrons. The predicted octanol–water partition coefficient (Wildman–Crippen LogP) is 3.69. The third-order valence-corrected chi connectivity index (χ3v) is 5.49. The number of nitrogens with one attached hydrogen (secondary N) is 1.